The van der Waals surface area contributed by atoms with E-state index in [0.717, 1.165) is 22.4 Å². The van der Waals surface area contributed by atoms with Crippen LogP contribution in [-0.2, 0) is 0 Å². The van der Waals surface area contributed by atoms with Crippen molar-refractivity contribution in [1.29, 1.82) is 0 Å². The molecule has 0 aliphatic heterocycles. The normalized spacial score (nSPS) is 11.8. The summed E-state index contributed by atoms with van der Waals surface area (Å²) in [5, 5.41) is 7.36. The van der Waals surface area contributed by atoms with Gasteiger partial charge < -0.3 is 5.73 Å². The van der Waals surface area contributed by atoms with Crippen LogP contribution in [0.5, 0.6) is 0 Å². The van der Waals surface area contributed by atoms with Crippen LogP contribution < -0.4 is 5.73 Å². The largest absolute Gasteiger partial charge is 0.404 e. The summed E-state index contributed by atoms with van der Waals surface area (Å²) in [5.74, 6) is 0. The van der Waals surface area contributed by atoms with Crippen molar-refractivity contribution in [1.82, 2.24) is 0 Å². The lowest BCUT2D eigenvalue weighted by molar-refractivity contribution is 0.886. The maximum Gasteiger partial charge on any atom is 0.0703 e. The molecule has 0 aliphatic rings. The van der Waals surface area contributed by atoms with E-state index >= 15 is 0 Å². The Morgan fingerprint density at radius 2 is 1.18 bits per heavy atom. The maximum absolute atomic E-state index is 5.70. The van der Waals surface area contributed by atoms with Crippen molar-refractivity contribution >= 4 is 38.0 Å². The van der Waals surface area contributed by atoms with Gasteiger partial charge in [0.05, 0.1) is 11.4 Å². The third-order valence-corrected chi connectivity index (χ3v) is 8.07. The minimum absolute atomic E-state index is 0.624. The Balaban J connectivity index is 0.000000906. The maximum atomic E-state index is 5.70. The third kappa shape index (κ3) is 6.11. The lowest BCUT2D eigenvalue weighted by atomic mass is 9.85. The van der Waals surface area contributed by atoms with E-state index in [1.165, 1.54) is 68.0 Å². The molecule has 0 bridgehead atoms. The summed E-state index contributed by atoms with van der Waals surface area (Å²) in [6.45, 7) is 14.4. The number of unbranched alkanes of at least 4 members (excludes halogenated alkanes) is 1. The molecule has 0 fully saturated rings. The van der Waals surface area contributed by atoms with Crippen LogP contribution in [0, 0.1) is 0 Å². The number of hydrogen-bond acceptors (Lipinski definition) is 2. The molecule has 6 rings (SSSR count). The summed E-state index contributed by atoms with van der Waals surface area (Å²) in [6.07, 6.45) is 5.94. The van der Waals surface area contributed by atoms with Crippen LogP contribution in [0.3, 0.4) is 0 Å². The van der Waals surface area contributed by atoms with Crippen molar-refractivity contribution in [2.45, 2.75) is 33.6 Å². The van der Waals surface area contributed by atoms with Crippen LogP contribution in [0.25, 0.3) is 54.6 Å². The second-order valence-electron chi connectivity index (χ2n) is 11.0. The Kier molecular flexibility index (Phi) is 9.52. The number of aliphatic imine (C=N–C) groups is 1. The molecular formula is C42H40N2. The topological polar surface area (TPSA) is 38.4 Å². The van der Waals surface area contributed by atoms with Crippen LogP contribution >= 0.6 is 0 Å². The van der Waals surface area contributed by atoms with Gasteiger partial charge in [0.2, 0.25) is 0 Å². The quantitative estimate of drug-likeness (QED) is 0.115. The zero-order chi connectivity index (χ0) is 31.1. The molecule has 6 aromatic rings. The lowest BCUT2D eigenvalue weighted by Gasteiger charge is -2.18. The lowest BCUT2D eigenvalue weighted by Crippen LogP contribution is -1.99. The van der Waals surface area contributed by atoms with Gasteiger partial charge in [-0.3, -0.25) is 0 Å². The smallest absolute Gasteiger partial charge is 0.0703 e. The fourth-order valence-corrected chi connectivity index (χ4v) is 5.49. The number of allylic oxidation sites excluding steroid dienone is 2. The molecule has 0 aromatic heterocycles. The second-order valence-corrected chi connectivity index (χ2v) is 11.0. The number of nitrogens with two attached hydrogens (primary N) is 1. The van der Waals surface area contributed by atoms with Gasteiger partial charge in [-0.05, 0) is 91.5 Å². The summed E-state index contributed by atoms with van der Waals surface area (Å²) in [6, 6.07) is 41.3. The average molecular weight is 573 g/mol. The molecule has 0 heterocycles. The van der Waals surface area contributed by atoms with Gasteiger partial charge in [-0.2, -0.15) is 0 Å². The summed E-state index contributed by atoms with van der Waals surface area (Å²) in [5.41, 5.74) is 13.7. The average Bonchev–Trinajstić information content (AvgIpc) is 3.08. The molecule has 2 nitrogen and oxygen atoms in total. The predicted octanol–water partition coefficient (Wildman–Crippen LogP) is 11.6. The van der Waals surface area contributed by atoms with Crippen molar-refractivity contribution in [3.8, 4) is 22.3 Å². The number of hydrogen-bond donors (Lipinski definition) is 1. The number of rotatable bonds is 7. The highest BCUT2D eigenvalue weighted by atomic mass is 14.8. The van der Waals surface area contributed by atoms with Crippen LogP contribution in [-0.4, -0.2) is 5.71 Å². The Labute approximate surface area is 261 Å². The molecule has 0 unspecified atom stereocenters. The number of fused-ring (bicyclic) bond motifs is 3. The molecule has 0 aliphatic carbocycles. The Morgan fingerprint density at radius 1 is 0.659 bits per heavy atom. The van der Waals surface area contributed by atoms with Gasteiger partial charge in [-0.25, -0.2) is 4.99 Å². The first kappa shape index (κ1) is 30.3. The molecular weight excluding hydrogens is 532 g/mol. The van der Waals surface area contributed by atoms with Crippen LogP contribution in [0.15, 0.2) is 157 Å². The fourth-order valence-electron chi connectivity index (χ4n) is 5.49. The first-order chi connectivity index (χ1) is 21.5. The first-order valence-corrected chi connectivity index (χ1v) is 15.3. The van der Waals surface area contributed by atoms with Crippen LogP contribution in [0.2, 0.25) is 0 Å². The summed E-state index contributed by atoms with van der Waals surface area (Å²) in [4.78, 5) is 4.73. The molecule has 44 heavy (non-hydrogen) atoms. The third-order valence-electron chi connectivity index (χ3n) is 8.07. The van der Waals surface area contributed by atoms with Crippen molar-refractivity contribution in [2.75, 3.05) is 0 Å². The fraction of sp³-hybridized carbons (Fsp3) is 0.119. The van der Waals surface area contributed by atoms with Gasteiger partial charge in [0, 0.05) is 5.56 Å². The van der Waals surface area contributed by atoms with E-state index in [-0.39, 0.29) is 0 Å². The number of nitrogens with zero attached hydrogens (tertiary/aromatic N) is 1. The van der Waals surface area contributed by atoms with Gasteiger partial charge in [-0.1, -0.05) is 143 Å². The summed E-state index contributed by atoms with van der Waals surface area (Å²) >= 11 is 0. The molecule has 0 atom stereocenters. The Hall–Kier alpha value is -5.21. The van der Waals surface area contributed by atoms with E-state index in [2.05, 4.69) is 142 Å². The second kappa shape index (κ2) is 13.8. The summed E-state index contributed by atoms with van der Waals surface area (Å²) < 4.78 is 0. The van der Waals surface area contributed by atoms with Gasteiger partial charge >= 0.3 is 0 Å². The molecule has 6 aromatic carbocycles. The minimum Gasteiger partial charge on any atom is -0.404 e. The standard InChI is InChI=1S/C38H30N2.C4H10/c1-4-36(40-26(3)25(2)24-39)29-14-11-15-30(23-29)37-32-16-7-9-18-34(32)38(35-19-10-8-17-33(35)37)31-21-20-27-12-5-6-13-28(27)22-31;1-3-4-2/h4-24H,1,3,39H2,2H3;3-4H2,1-2H3/b25-24+,40-36?;. The van der Waals surface area contributed by atoms with Gasteiger partial charge in [-0.15, -0.1) is 0 Å². The molecule has 2 N–H and O–H groups in total. The molecule has 2 heteroatoms. The van der Waals surface area contributed by atoms with E-state index in [9.17, 15) is 0 Å². The summed E-state index contributed by atoms with van der Waals surface area (Å²) in [7, 11) is 0. The van der Waals surface area contributed by atoms with E-state index in [0.29, 0.717) is 5.70 Å². The Morgan fingerprint density at radius 3 is 1.70 bits per heavy atom. The van der Waals surface area contributed by atoms with Crippen molar-refractivity contribution in [3.63, 3.8) is 0 Å². The highest BCUT2D eigenvalue weighted by Gasteiger charge is 2.17. The van der Waals surface area contributed by atoms with E-state index in [1.54, 1.807) is 6.08 Å². The first-order valence-electron chi connectivity index (χ1n) is 15.3. The molecule has 0 radical (unpaired) electrons. The van der Waals surface area contributed by atoms with Crippen LogP contribution in [0.4, 0.5) is 0 Å². The van der Waals surface area contributed by atoms with Crippen LogP contribution in [0.1, 0.15) is 39.2 Å². The molecule has 0 spiro atoms. The molecule has 0 saturated heterocycles. The highest BCUT2D eigenvalue weighted by Crippen LogP contribution is 2.44. The molecule has 218 valence electrons. The SMILES string of the molecule is C=CC(=NC(=C)/C(C)=C/N)c1cccc(-c2c3ccccc3c(-c3ccc4ccccc4c3)c3ccccc23)c1.CCCC. The predicted molar refractivity (Wildman–Crippen MR) is 194 cm³/mol. The van der Waals surface area contributed by atoms with Crippen molar-refractivity contribution in [3.05, 3.63) is 158 Å². The van der Waals surface area contributed by atoms with E-state index in [1.807, 2.05) is 6.92 Å². The van der Waals surface area contributed by atoms with Crippen molar-refractivity contribution in [2.24, 2.45) is 10.7 Å². The molecule has 0 amide bonds. The zero-order valence-electron chi connectivity index (χ0n) is 26.0. The number of benzene rings is 6. The van der Waals surface area contributed by atoms with Crippen molar-refractivity contribution < 1.29 is 0 Å². The Bertz CT molecular complexity index is 1980. The highest BCUT2D eigenvalue weighted by molar-refractivity contribution is 6.22. The van der Waals surface area contributed by atoms with Gasteiger partial charge in [0.25, 0.3) is 0 Å². The van der Waals surface area contributed by atoms with E-state index < -0.39 is 0 Å². The monoisotopic (exact) mass is 572 g/mol. The van der Waals surface area contributed by atoms with Gasteiger partial charge in [0.1, 0.15) is 0 Å². The zero-order valence-corrected chi connectivity index (χ0v) is 26.0. The van der Waals surface area contributed by atoms with E-state index in [4.69, 9.17) is 10.7 Å². The van der Waals surface area contributed by atoms with Gasteiger partial charge in [0.15, 0.2) is 0 Å². The molecule has 0 saturated carbocycles. The minimum atomic E-state index is 0.624.